The fraction of sp³-hybridized carbons (Fsp3) is 0.269. The van der Waals surface area contributed by atoms with Crippen LogP contribution in [0.25, 0.3) is 0 Å². The Bertz CT molecular complexity index is 1250. The largest absolute Gasteiger partial charge is 0.339 e. The summed E-state index contributed by atoms with van der Waals surface area (Å²) < 4.78 is 29.0. The van der Waals surface area contributed by atoms with Crippen molar-refractivity contribution < 1.29 is 13.2 Å². The molecule has 0 bridgehead atoms. The van der Waals surface area contributed by atoms with Crippen molar-refractivity contribution in [2.45, 2.75) is 23.9 Å². The van der Waals surface area contributed by atoms with Gasteiger partial charge in [-0.1, -0.05) is 83.9 Å². The zero-order valence-electron chi connectivity index (χ0n) is 19.1. The fourth-order valence-corrected chi connectivity index (χ4v) is 6.10. The van der Waals surface area contributed by atoms with Gasteiger partial charge in [-0.2, -0.15) is 4.72 Å². The van der Waals surface area contributed by atoms with Crippen LogP contribution in [0.15, 0.2) is 83.8 Å². The molecule has 0 unspecified atom stereocenters. The molecule has 0 aliphatic carbocycles. The smallest absolute Gasteiger partial charge is 0.242 e. The summed E-state index contributed by atoms with van der Waals surface area (Å²) in [6.45, 7) is 3.29. The Morgan fingerprint density at radius 2 is 1.46 bits per heavy atom. The minimum absolute atomic E-state index is 0.0438. The number of rotatable bonds is 8. The third-order valence-corrected chi connectivity index (χ3v) is 8.18. The van der Waals surface area contributed by atoms with Crippen molar-refractivity contribution in [1.82, 2.24) is 14.5 Å². The van der Waals surface area contributed by atoms with E-state index in [4.69, 9.17) is 23.2 Å². The van der Waals surface area contributed by atoms with E-state index in [0.717, 1.165) is 12.1 Å². The average molecular weight is 532 g/mol. The van der Waals surface area contributed by atoms with E-state index in [1.807, 2.05) is 48.5 Å². The lowest BCUT2D eigenvalue weighted by molar-refractivity contribution is -0.134. The summed E-state index contributed by atoms with van der Waals surface area (Å²) in [6, 6.07) is 22.8. The summed E-state index contributed by atoms with van der Waals surface area (Å²) >= 11 is 12.2. The lowest BCUT2D eigenvalue weighted by Gasteiger charge is -2.36. The Balaban J connectivity index is 1.49. The minimum atomic E-state index is -4.09. The molecule has 1 heterocycles. The van der Waals surface area contributed by atoms with Crippen LogP contribution < -0.4 is 4.72 Å². The van der Waals surface area contributed by atoms with Crippen LogP contribution in [0.2, 0.25) is 10.0 Å². The van der Waals surface area contributed by atoms with E-state index in [2.05, 4.69) is 21.8 Å². The zero-order valence-corrected chi connectivity index (χ0v) is 21.4. The molecule has 4 rings (SSSR count). The second-order valence-electron chi connectivity index (χ2n) is 8.53. The standard InChI is InChI=1S/C26H27Cl2N3O3S/c27-22-11-12-23(28)25(18-22)35(33,34)29-24(17-20-7-3-1-4-8-20)26(32)31-15-13-30(14-16-31)19-21-9-5-2-6-10-21/h1-12,18,24,29H,13-17,19H2/t24-/m1/s1. The van der Waals surface area contributed by atoms with Crippen LogP contribution in [-0.4, -0.2) is 56.3 Å². The summed E-state index contributed by atoms with van der Waals surface area (Å²) in [5.74, 6) is -0.255. The average Bonchev–Trinajstić information content (AvgIpc) is 2.86. The van der Waals surface area contributed by atoms with Crippen molar-refractivity contribution in [2.24, 2.45) is 0 Å². The molecule has 1 fully saturated rings. The van der Waals surface area contributed by atoms with Gasteiger partial charge in [0.05, 0.1) is 5.02 Å². The number of halogens is 2. The van der Waals surface area contributed by atoms with Crippen molar-refractivity contribution >= 4 is 39.1 Å². The SMILES string of the molecule is O=C([C@@H](Cc1ccccc1)NS(=O)(=O)c1cc(Cl)ccc1Cl)N1CCN(Cc2ccccc2)CC1. The lowest BCUT2D eigenvalue weighted by atomic mass is 10.1. The van der Waals surface area contributed by atoms with Gasteiger partial charge in [-0.3, -0.25) is 9.69 Å². The molecule has 9 heteroatoms. The molecule has 0 spiro atoms. The van der Waals surface area contributed by atoms with Crippen molar-refractivity contribution in [1.29, 1.82) is 0 Å². The highest BCUT2D eigenvalue weighted by Crippen LogP contribution is 2.25. The maximum absolute atomic E-state index is 13.5. The molecule has 184 valence electrons. The van der Waals surface area contributed by atoms with Gasteiger partial charge < -0.3 is 4.90 Å². The second kappa shape index (κ2) is 11.5. The van der Waals surface area contributed by atoms with Crippen LogP contribution in [0.4, 0.5) is 0 Å². The van der Waals surface area contributed by atoms with E-state index in [1.165, 1.54) is 23.8 Å². The van der Waals surface area contributed by atoms with Crippen LogP contribution in [0, 0.1) is 0 Å². The molecule has 0 aromatic heterocycles. The molecule has 35 heavy (non-hydrogen) atoms. The third kappa shape index (κ3) is 6.84. The number of sulfonamides is 1. The van der Waals surface area contributed by atoms with Gasteiger partial charge in [0.1, 0.15) is 10.9 Å². The summed E-state index contributed by atoms with van der Waals surface area (Å²) in [6.07, 6.45) is 0.224. The predicted octanol–water partition coefficient (Wildman–Crippen LogP) is 4.23. The molecule has 6 nitrogen and oxygen atoms in total. The first-order chi connectivity index (χ1) is 16.8. The maximum Gasteiger partial charge on any atom is 0.242 e. The number of piperazine rings is 1. The summed E-state index contributed by atoms with van der Waals surface area (Å²) in [5.41, 5.74) is 2.08. The monoisotopic (exact) mass is 531 g/mol. The quantitative estimate of drug-likeness (QED) is 0.472. The van der Waals surface area contributed by atoms with Gasteiger partial charge in [-0.25, -0.2) is 8.42 Å². The van der Waals surface area contributed by atoms with Gasteiger partial charge in [-0.05, 0) is 35.7 Å². The van der Waals surface area contributed by atoms with Crippen LogP contribution >= 0.6 is 23.2 Å². The number of amides is 1. The topological polar surface area (TPSA) is 69.7 Å². The van der Waals surface area contributed by atoms with Crippen molar-refractivity contribution in [2.75, 3.05) is 26.2 Å². The van der Waals surface area contributed by atoms with Gasteiger partial charge in [0.15, 0.2) is 0 Å². The van der Waals surface area contributed by atoms with Gasteiger partial charge in [-0.15, -0.1) is 0 Å². The normalized spacial score (nSPS) is 15.7. The van der Waals surface area contributed by atoms with Crippen LogP contribution in [-0.2, 0) is 27.8 Å². The highest BCUT2D eigenvalue weighted by molar-refractivity contribution is 7.89. The number of hydrogen-bond donors (Lipinski definition) is 1. The second-order valence-corrected chi connectivity index (χ2v) is 11.1. The molecule has 1 atom stereocenters. The first-order valence-corrected chi connectivity index (χ1v) is 13.6. The third-order valence-electron chi connectivity index (χ3n) is 5.99. The molecular formula is C26H27Cl2N3O3S. The van der Waals surface area contributed by atoms with E-state index in [1.54, 1.807) is 4.90 Å². The van der Waals surface area contributed by atoms with Crippen molar-refractivity contribution in [3.8, 4) is 0 Å². The summed E-state index contributed by atoms with van der Waals surface area (Å²) in [7, 11) is -4.09. The molecule has 1 aliphatic heterocycles. The summed E-state index contributed by atoms with van der Waals surface area (Å²) in [5, 5.41) is 0.289. The van der Waals surface area contributed by atoms with Gasteiger partial charge in [0.2, 0.25) is 15.9 Å². The maximum atomic E-state index is 13.5. The lowest BCUT2D eigenvalue weighted by Crippen LogP contribution is -2.55. The van der Waals surface area contributed by atoms with E-state index in [-0.39, 0.29) is 27.3 Å². The summed E-state index contributed by atoms with van der Waals surface area (Å²) in [4.78, 5) is 17.4. The Morgan fingerprint density at radius 1 is 0.857 bits per heavy atom. The highest BCUT2D eigenvalue weighted by atomic mass is 35.5. The first-order valence-electron chi connectivity index (χ1n) is 11.4. The van der Waals surface area contributed by atoms with E-state index in [9.17, 15) is 13.2 Å². The van der Waals surface area contributed by atoms with Crippen molar-refractivity contribution in [3.63, 3.8) is 0 Å². The number of nitrogens with one attached hydrogen (secondary N) is 1. The van der Waals surface area contributed by atoms with E-state index < -0.39 is 16.1 Å². The predicted molar refractivity (Wildman–Crippen MR) is 139 cm³/mol. The number of carbonyl (C=O) groups is 1. The molecule has 3 aromatic carbocycles. The Labute approximate surface area is 216 Å². The zero-order chi connectivity index (χ0) is 24.8. The van der Waals surface area contributed by atoms with E-state index in [0.29, 0.717) is 26.2 Å². The molecule has 1 aliphatic rings. The Hall–Kier alpha value is -2.42. The molecule has 1 saturated heterocycles. The van der Waals surface area contributed by atoms with Crippen molar-refractivity contribution in [3.05, 3.63) is 100 Å². The fourth-order valence-electron chi connectivity index (χ4n) is 4.15. The number of nitrogens with zero attached hydrogens (tertiary/aromatic N) is 2. The van der Waals surface area contributed by atoms with Crippen LogP contribution in [0.3, 0.4) is 0 Å². The Kier molecular flexibility index (Phi) is 8.46. The molecular weight excluding hydrogens is 505 g/mol. The van der Waals surface area contributed by atoms with Gasteiger partial charge >= 0.3 is 0 Å². The Morgan fingerprint density at radius 3 is 2.09 bits per heavy atom. The molecule has 1 N–H and O–H groups in total. The van der Waals surface area contributed by atoms with Crippen LogP contribution in [0.5, 0.6) is 0 Å². The van der Waals surface area contributed by atoms with Gasteiger partial charge in [0, 0.05) is 37.7 Å². The highest BCUT2D eigenvalue weighted by Gasteiger charge is 2.32. The van der Waals surface area contributed by atoms with Gasteiger partial charge in [0.25, 0.3) is 0 Å². The molecule has 1 amide bonds. The molecule has 0 radical (unpaired) electrons. The molecule has 3 aromatic rings. The van der Waals surface area contributed by atoms with E-state index >= 15 is 0 Å². The number of hydrogen-bond acceptors (Lipinski definition) is 4. The number of benzene rings is 3. The molecule has 0 saturated carbocycles. The van der Waals surface area contributed by atoms with Crippen LogP contribution in [0.1, 0.15) is 11.1 Å². The number of carbonyl (C=O) groups excluding carboxylic acids is 1. The first kappa shape index (κ1) is 25.7. The minimum Gasteiger partial charge on any atom is -0.339 e.